The number of nitrogens with zero attached hydrogens (tertiary/aromatic N) is 1. The fraction of sp³-hybridized carbons (Fsp3) is 0.300. The number of nitrogens with one attached hydrogen (secondary N) is 1. The van der Waals surface area contributed by atoms with Gasteiger partial charge in [-0.3, -0.25) is 14.9 Å². The van der Waals surface area contributed by atoms with Crippen LogP contribution in [0.5, 0.6) is 0 Å². The van der Waals surface area contributed by atoms with Crippen LogP contribution < -0.4 is 5.32 Å². The number of halogens is 2. The number of benzene rings is 1. The van der Waals surface area contributed by atoms with Crippen LogP contribution in [0.2, 0.25) is 10.0 Å². The molecule has 0 aliphatic carbocycles. The number of hydrogen-bond acceptors (Lipinski definition) is 3. The highest BCUT2D eigenvalue weighted by Crippen LogP contribution is 2.33. The Hall–Kier alpha value is -1.33. The molecule has 5 nitrogen and oxygen atoms in total. The molecule has 94 valence electrons. The van der Waals surface area contributed by atoms with Crippen molar-refractivity contribution < 1.29 is 9.72 Å². The first-order valence-corrected chi connectivity index (χ1v) is 5.58. The van der Waals surface area contributed by atoms with Crippen molar-refractivity contribution in [2.24, 2.45) is 0 Å². The van der Waals surface area contributed by atoms with Crippen molar-refractivity contribution in [3.8, 4) is 0 Å². The Morgan fingerprint density at radius 2 is 1.76 bits per heavy atom. The van der Waals surface area contributed by atoms with Crippen LogP contribution >= 0.6 is 23.2 Å². The molecule has 0 atom stereocenters. The van der Waals surface area contributed by atoms with Crippen LogP contribution in [-0.4, -0.2) is 10.8 Å². The topological polar surface area (TPSA) is 72.2 Å². The minimum absolute atomic E-state index is 0.0295. The standard InChI is InChI=1S/C8H6Cl2N2O3.C2H6/c1-4(13)11-7-2-5(9)6(10)3-8(7)12(14)15;1-2/h2-3H,1H3,(H,11,13);1-2H3. The molecule has 17 heavy (non-hydrogen) atoms. The molecule has 1 rings (SSSR count). The first-order chi connectivity index (χ1) is 7.91. The van der Waals surface area contributed by atoms with E-state index >= 15 is 0 Å². The summed E-state index contributed by atoms with van der Waals surface area (Å²) in [4.78, 5) is 20.7. The minimum atomic E-state index is -0.645. The van der Waals surface area contributed by atoms with E-state index in [1.807, 2.05) is 13.8 Å². The van der Waals surface area contributed by atoms with Gasteiger partial charge >= 0.3 is 0 Å². The zero-order valence-corrected chi connectivity index (χ0v) is 11.1. The molecular formula is C10H12Cl2N2O3. The number of nitro benzene ring substituents is 1. The van der Waals surface area contributed by atoms with Gasteiger partial charge in [0.1, 0.15) is 5.69 Å². The van der Waals surface area contributed by atoms with Crippen molar-refractivity contribution in [3.63, 3.8) is 0 Å². The molecule has 7 heteroatoms. The Morgan fingerprint density at radius 1 is 1.29 bits per heavy atom. The fourth-order valence-corrected chi connectivity index (χ4v) is 1.30. The summed E-state index contributed by atoms with van der Waals surface area (Å²) >= 11 is 11.3. The molecule has 0 saturated heterocycles. The molecule has 0 heterocycles. The number of hydrogen-bond donors (Lipinski definition) is 1. The molecule has 1 aromatic rings. The Morgan fingerprint density at radius 3 is 2.18 bits per heavy atom. The van der Waals surface area contributed by atoms with Gasteiger partial charge in [0.15, 0.2) is 0 Å². The average Bonchev–Trinajstić information content (AvgIpc) is 2.25. The fourth-order valence-electron chi connectivity index (χ4n) is 0.977. The van der Waals surface area contributed by atoms with Crippen LogP contribution in [-0.2, 0) is 4.79 Å². The molecule has 0 aliphatic heterocycles. The third kappa shape index (κ3) is 4.58. The predicted octanol–water partition coefficient (Wildman–Crippen LogP) is 3.89. The Labute approximate surface area is 109 Å². The molecule has 0 aromatic heterocycles. The maximum atomic E-state index is 10.8. The predicted molar refractivity (Wildman–Crippen MR) is 68.8 cm³/mol. The maximum absolute atomic E-state index is 10.8. The van der Waals surface area contributed by atoms with E-state index < -0.39 is 10.8 Å². The smallest absolute Gasteiger partial charge is 0.294 e. The van der Waals surface area contributed by atoms with Crippen LogP contribution in [0.1, 0.15) is 20.8 Å². The average molecular weight is 279 g/mol. The summed E-state index contributed by atoms with van der Waals surface area (Å²) in [5.74, 6) is -0.420. The Kier molecular flexibility index (Phi) is 6.53. The van der Waals surface area contributed by atoms with E-state index in [9.17, 15) is 14.9 Å². The van der Waals surface area contributed by atoms with Crippen molar-refractivity contribution in [1.29, 1.82) is 0 Å². The van der Waals surface area contributed by atoms with Gasteiger partial charge < -0.3 is 5.32 Å². The van der Waals surface area contributed by atoms with Gasteiger partial charge in [-0.05, 0) is 6.07 Å². The number of rotatable bonds is 2. The number of anilines is 1. The van der Waals surface area contributed by atoms with Crippen LogP contribution in [0.4, 0.5) is 11.4 Å². The lowest BCUT2D eigenvalue weighted by molar-refractivity contribution is -0.383. The third-order valence-electron chi connectivity index (χ3n) is 1.55. The molecule has 1 amide bonds. The summed E-state index contributed by atoms with van der Waals surface area (Å²) in [6.45, 7) is 5.24. The van der Waals surface area contributed by atoms with E-state index in [-0.39, 0.29) is 21.4 Å². The number of nitro groups is 1. The quantitative estimate of drug-likeness (QED) is 0.659. The van der Waals surface area contributed by atoms with E-state index in [0.29, 0.717) is 0 Å². The zero-order valence-electron chi connectivity index (χ0n) is 9.58. The van der Waals surface area contributed by atoms with E-state index in [1.54, 1.807) is 0 Å². The summed E-state index contributed by atoms with van der Waals surface area (Å²) in [5, 5.41) is 13.1. The van der Waals surface area contributed by atoms with Gasteiger partial charge in [0.2, 0.25) is 5.91 Å². The molecule has 0 spiro atoms. The second-order valence-electron chi connectivity index (χ2n) is 2.72. The monoisotopic (exact) mass is 278 g/mol. The molecular weight excluding hydrogens is 267 g/mol. The van der Waals surface area contributed by atoms with Gasteiger partial charge in [0, 0.05) is 13.0 Å². The van der Waals surface area contributed by atoms with Gasteiger partial charge in [0.25, 0.3) is 5.69 Å². The van der Waals surface area contributed by atoms with E-state index in [0.717, 1.165) is 6.07 Å². The Balaban J connectivity index is 0.00000121. The molecule has 0 radical (unpaired) electrons. The van der Waals surface area contributed by atoms with Crippen LogP contribution in [0.15, 0.2) is 12.1 Å². The van der Waals surface area contributed by atoms with Crippen LogP contribution in [0, 0.1) is 10.1 Å². The van der Waals surface area contributed by atoms with Crippen LogP contribution in [0.3, 0.4) is 0 Å². The van der Waals surface area contributed by atoms with Crippen LogP contribution in [0.25, 0.3) is 0 Å². The summed E-state index contributed by atoms with van der Waals surface area (Å²) in [6.07, 6.45) is 0. The lowest BCUT2D eigenvalue weighted by atomic mass is 10.2. The first kappa shape index (κ1) is 15.7. The summed E-state index contributed by atoms with van der Waals surface area (Å²) in [5.41, 5.74) is -0.262. The highest BCUT2D eigenvalue weighted by Gasteiger charge is 2.17. The van der Waals surface area contributed by atoms with Crippen molar-refractivity contribution in [1.82, 2.24) is 0 Å². The number of carbonyl (C=O) groups excluding carboxylic acids is 1. The van der Waals surface area contributed by atoms with Gasteiger partial charge in [-0.15, -0.1) is 0 Å². The van der Waals surface area contributed by atoms with Gasteiger partial charge in [0.05, 0.1) is 15.0 Å². The number of carbonyl (C=O) groups is 1. The molecule has 0 bridgehead atoms. The zero-order chi connectivity index (χ0) is 13.6. The maximum Gasteiger partial charge on any atom is 0.294 e. The summed E-state index contributed by atoms with van der Waals surface area (Å²) < 4.78 is 0. The normalized spacial score (nSPS) is 9.00. The van der Waals surface area contributed by atoms with Gasteiger partial charge in [-0.2, -0.15) is 0 Å². The molecule has 0 aliphatic rings. The molecule has 0 saturated carbocycles. The molecule has 0 unspecified atom stereocenters. The largest absolute Gasteiger partial charge is 0.321 e. The number of amides is 1. The van der Waals surface area contributed by atoms with Crippen molar-refractivity contribution in [2.45, 2.75) is 20.8 Å². The van der Waals surface area contributed by atoms with E-state index in [4.69, 9.17) is 23.2 Å². The SMILES string of the molecule is CC.CC(=O)Nc1cc(Cl)c(Cl)cc1[N+](=O)[O-]. The first-order valence-electron chi connectivity index (χ1n) is 4.83. The van der Waals surface area contributed by atoms with E-state index in [2.05, 4.69) is 5.32 Å². The van der Waals surface area contributed by atoms with Crippen molar-refractivity contribution in [2.75, 3.05) is 5.32 Å². The molecule has 1 aromatic carbocycles. The molecule has 0 fully saturated rings. The third-order valence-corrected chi connectivity index (χ3v) is 2.27. The highest BCUT2D eigenvalue weighted by atomic mass is 35.5. The van der Waals surface area contributed by atoms with Gasteiger partial charge in [-0.1, -0.05) is 37.0 Å². The van der Waals surface area contributed by atoms with Crippen molar-refractivity contribution >= 4 is 40.5 Å². The second kappa shape index (κ2) is 7.09. The molecule has 1 N–H and O–H groups in total. The highest BCUT2D eigenvalue weighted by molar-refractivity contribution is 6.42. The van der Waals surface area contributed by atoms with Crippen molar-refractivity contribution in [3.05, 3.63) is 32.3 Å². The second-order valence-corrected chi connectivity index (χ2v) is 3.54. The minimum Gasteiger partial charge on any atom is -0.321 e. The Bertz CT molecular complexity index is 436. The summed E-state index contributed by atoms with van der Waals surface area (Å²) in [7, 11) is 0. The lowest BCUT2D eigenvalue weighted by Crippen LogP contribution is -2.08. The summed E-state index contributed by atoms with van der Waals surface area (Å²) in [6, 6.07) is 2.33. The lowest BCUT2D eigenvalue weighted by Gasteiger charge is -2.04. The van der Waals surface area contributed by atoms with E-state index in [1.165, 1.54) is 13.0 Å². The van der Waals surface area contributed by atoms with Gasteiger partial charge in [-0.25, -0.2) is 0 Å².